The number of nitriles is 2. The Kier molecular flexibility index (Phi) is 6.41. The van der Waals surface area contributed by atoms with E-state index in [-0.39, 0.29) is 45.8 Å². The summed E-state index contributed by atoms with van der Waals surface area (Å²) in [6.07, 6.45) is 1.95. The van der Waals surface area contributed by atoms with E-state index in [1.165, 1.54) is 0 Å². The summed E-state index contributed by atoms with van der Waals surface area (Å²) in [5, 5.41) is 25.7. The molecular weight excluding hydrogens is 476 g/mol. The molecule has 5 fully saturated rings. The summed E-state index contributed by atoms with van der Waals surface area (Å²) in [4.78, 5) is 17.4. The Morgan fingerprint density at radius 3 is 1.05 bits per heavy atom. The van der Waals surface area contributed by atoms with E-state index in [4.69, 9.17) is 9.68 Å². The van der Waals surface area contributed by atoms with Gasteiger partial charge >= 0.3 is 0 Å². The highest BCUT2D eigenvalue weighted by molar-refractivity contribution is 5.44. The van der Waals surface area contributed by atoms with Gasteiger partial charge in [-0.15, -0.1) is 0 Å². The Labute approximate surface area is 230 Å². The summed E-state index contributed by atoms with van der Waals surface area (Å²) in [5.41, 5.74) is -1.79. The van der Waals surface area contributed by atoms with E-state index in [1.807, 2.05) is 0 Å². The van der Waals surface area contributed by atoms with Gasteiger partial charge in [-0.1, -0.05) is 13.8 Å². The van der Waals surface area contributed by atoms with E-state index in [0.29, 0.717) is 13.2 Å². The number of fused-ring (bicyclic) bond motifs is 2. The molecule has 5 rings (SSSR count). The zero-order chi connectivity index (χ0) is 28.1. The second-order valence-corrected chi connectivity index (χ2v) is 14.6. The topological polar surface area (TPSA) is 79.0 Å². The minimum absolute atomic E-state index is 0.215. The molecule has 0 radical (unpaired) electrons. The van der Waals surface area contributed by atoms with Gasteiger partial charge in [-0.25, -0.2) is 0 Å². The van der Waals surface area contributed by atoms with Crippen LogP contribution in [0, 0.1) is 46.3 Å². The van der Waals surface area contributed by atoms with Crippen molar-refractivity contribution >= 4 is 0 Å². The van der Waals surface area contributed by atoms with Crippen molar-refractivity contribution in [1.29, 1.82) is 10.5 Å². The van der Waals surface area contributed by atoms with Gasteiger partial charge in [-0.3, -0.25) is 19.5 Å². The normalized spacial score (nSPS) is 42.7. The van der Waals surface area contributed by atoms with Crippen LogP contribution in [-0.2, 0) is 9.68 Å². The summed E-state index contributed by atoms with van der Waals surface area (Å²) in [6, 6.07) is 5.65. The van der Waals surface area contributed by atoms with Gasteiger partial charge in [0.2, 0.25) is 0 Å². The summed E-state index contributed by atoms with van der Waals surface area (Å²) >= 11 is 0. The monoisotopic (exact) mass is 526 g/mol. The first kappa shape index (κ1) is 28.3. The molecule has 3 aliphatic heterocycles. The van der Waals surface area contributed by atoms with E-state index in [9.17, 15) is 10.5 Å². The number of rotatable bonds is 8. The Morgan fingerprint density at radius 2 is 0.842 bits per heavy atom. The van der Waals surface area contributed by atoms with Crippen LogP contribution in [0.3, 0.4) is 0 Å². The fourth-order valence-corrected chi connectivity index (χ4v) is 10.2. The highest BCUT2D eigenvalue weighted by atomic mass is 16.7. The molecule has 0 amide bonds. The summed E-state index contributed by atoms with van der Waals surface area (Å²) in [7, 11) is 0. The van der Waals surface area contributed by atoms with Crippen molar-refractivity contribution in [2.75, 3.05) is 39.4 Å². The number of hydrogen-bond donors (Lipinski definition) is 0. The Hall–Kier alpha value is -1.26. The lowest BCUT2D eigenvalue weighted by molar-refractivity contribution is -0.260. The van der Waals surface area contributed by atoms with Crippen molar-refractivity contribution in [2.45, 2.75) is 115 Å². The van der Waals surface area contributed by atoms with Crippen LogP contribution < -0.4 is 0 Å². The third-order valence-corrected chi connectivity index (χ3v) is 11.0. The lowest BCUT2D eigenvalue weighted by Gasteiger charge is -2.50. The van der Waals surface area contributed by atoms with Crippen LogP contribution >= 0.6 is 0 Å². The summed E-state index contributed by atoms with van der Waals surface area (Å²) < 4.78 is 0. The quantitative estimate of drug-likeness (QED) is 0.469. The first-order valence-electron chi connectivity index (χ1n) is 14.9. The summed E-state index contributed by atoms with van der Waals surface area (Å²) in [5.74, 6) is 0.966. The van der Waals surface area contributed by atoms with Gasteiger partial charge in [0, 0.05) is 72.0 Å². The van der Waals surface area contributed by atoms with Gasteiger partial charge in [-0.05, 0) is 68.2 Å². The minimum Gasteiger partial charge on any atom is -0.298 e. The molecule has 2 saturated carbocycles. The first-order valence-corrected chi connectivity index (χ1v) is 14.9. The molecule has 0 aromatic heterocycles. The van der Waals surface area contributed by atoms with Crippen molar-refractivity contribution in [3.63, 3.8) is 0 Å². The lowest BCUT2D eigenvalue weighted by atomic mass is 9.89. The van der Waals surface area contributed by atoms with Crippen molar-refractivity contribution in [3.8, 4) is 12.1 Å². The van der Waals surface area contributed by atoms with Gasteiger partial charge < -0.3 is 0 Å². The maximum atomic E-state index is 10.7. The predicted octanol–water partition coefficient (Wildman–Crippen LogP) is 4.05. The molecule has 8 heteroatoms. The van der Waals surface area contributed by atoms with E-state index in [0.717, 1.165) is 39.0 Å². The molecule has 0 bridgehead atoms. The van der Waals surface area contributed by atoms with Gasteiger partial charge in [0.25, 0.3) is 0 Å². The molecule has 3 saturated heterocycles. The van der Waals surface area contributed by atoms with E-state index < -0.39 is 11.1 Å². The largest absolute Gasteiger partial charge is 0.298 e. The average molecular weight is 527 g/mol. The molecule has 38 heavy (non-hydrogen) atoms. The van der Waals surface area contributed by atoms with Gasteiger partial charge in [0.1, 0.15) is 11.1 Å². The highest BCUT2D eigenvalue weighted by Crippen LogP contribution is 2.73. The maximum absolute atomic E-state index is 10.7. The zero-order valence-electron chi connectivity index (χ0n) is 25.5. The van der Waals surface area contributed by atoms with Crippen LogP contribution in [0.15, 0.2) is 0 Å². The van der Waals surface area contributed by atoms with Gasteiger partial charge in [0.15, 0.2) is 0 Å². The molecule has 2 aliphatic carbocycles. The van der Waals surface area contributed by atoms with Crippen LogP contribution in [-0.4, -0.2) is 92.6 Å². The Balaban J connectivity index is 1.33. The minimum atomic E-state index is -0.465. The maximum Gasteiger partial charge on any atom is 0.119 e. The SMILES string of the molecule is CCCON1C(C)(C)C2C(C1(C)C)C2(C#N)N1CCN(C2(C#N)C3C2C(C)(C)N(OCCC)C3(C)C)CC1. The molecule has 5 aliphatic rings. The average Bonchev–Trinajstić information content (AvgIpc) is 3.72. The highest BCUT2D eigenvalue weighted by Gasteiger charge is 2.86. The molecule has 4 atom stereocenters. The fourth-order valence-electron chi connectivity index (χ4n) is 10.2. The van der Waals surface area contributed by atoms with E-state index in [2.05, 4.69) is 101 Å². The van der Waals surface area contributed by atoms with Crippen LogP contribution in [0.4, 0.5) is 0 Å². The molecule has 0 N–H and O–H groups in total. The lowest BCUT2D eigenvalue weighted by Crippen LogP contribution is -2.64. The second kappa shape index (κ2) is 8.62. The molecule has 212 valence electrons. The van der Waals surface area contributed by atoms with Crippen molar-refractivity contribution in [1.82, 2.24) is 19.9 Å². The molecule has 3 heterocycles. The molecule has 0 spiro atoms. The molecule has 4 unspecified atom stereocenters. The number of piperazine rings is 1. The zero-order valence-corrected chi connectivity index (χ0v) is 25.5. The summed E-state index contributed by atoms with van der Waals surface area (Å²) in [6.45, 7) is 26.9. The van der Waals surface area contributed by atoms with Gasteiger partial charge in [0.05, 0.1) is 25.4 Å². The number of piperidine rings is 2. The predicted molar refractivity (Wildman–Crippen MR) is 146 cm³/mol. The van der Waals surface area contributed by atoms with Crippen LogP contribution in [0.5, 0.6) is 0 Å². The first-order chi connectivity index (χ1) is 17.7. The molecule has 8 nitrogen and oxygen atoms in total. The number of hydrogen-bond acceptors (Lipinski definition) is 8. The van der Waals surface area contributed by atoms with Crippen molar-refractivity contribution in [3.05, 3.63) is 0 Å². The Bertz CT molecular complexity index is 904. The number of hydroxylamine groups is 4. The third kappa shape index (κ3) is 3.22. The molecule has 0 aromatic carbocycles. The second-order valence-electron chi connectivity index (χ2n) is 14.6. The van der Waals surface area contributed by atoms with Crippen molar-refractivity contribution in [2.24, 2.45) is 23.7 Å². The van der Waals surface area contributed by atoms with E-state index in [1.54, 1.807) is 0 Å². The van der Waals surface area contributed by atoms with Gasteiger partial charge in [-0.2, -0.15) is 20.7 Å². The molecule has 0 aromatic rings. The van der Waals surface area contributed by atoms with Crippen LogP contribution in [0.25, 0.3) is 0 Å². The van der Waals surface area contributed by atoms with Crippen LogP contribution in [0.1, 0.15) is 82.1 Å². The van der Waals surface area contributed by atoms with Crippen LogP contribution in [0.2, 0.25) is 0 Å². The van der Waals surface area contributed by atoms with Crippen molar-refractivity contribution < 1.29 is 9.68 Å². The van der Waals surface area contributed by atoms with E-state index >= 15 is 0 Å². The smallest absolute Gasteiger partial charge is 0.119 e. The Morgan fingerprint density at radius 1 is 0.579 bits per heavy atom. The number of nitrogens with zero attached hydrogens (tertiary/aromatic N) is 6. The standard InChI is InChI=1S/C30H50N6O2/c1-11-17-37-35-25(3,4)21-22(26(35,5)6)29(21,19-31)33-13-15-34(16-14-33)30(20-32)23-24(30)28(9,10)36(27(23,7)8)38-18-12-2/h21-24H,11-18H2,1-10H3. The third-order valence-electron chi connectivity index (χ3n) is 11.0. The fraction of sp³-hybridized carbons (Fsp3) is 0.933. The molecular formula is C30H50N6O2.